The summed E-state index contributed by atoms with van der Waals surface area (Å²) in [6, 6.07) is 7.96. The van der Waals surface area contributed by atoms with Crippen LogP contribution in [0.5, 0.6) is 0 Å². The molecule has 1 aromatic rings. The van der Waals surface area contributed by atoms with Crippen LogP contribution in [-0.4, -0.2) is 11.1 Å². The predicted octanol–water partition coefficient (Wildman–Crippen LogP) is 2.96. The van der Waals surface area contributed by atoms with E-state index in [1.807, 2.05) is 24.3 Å². The standard InChI is InChI=1S/C11H11BrO2/c12-9-3-1-2-8(6-9)11(4-5-11)7-10(13)14/h1-3,6H,4-5,7H2,(H,13,14). The van der Waals surface area contributed by atoms with Crippen molar-refractivity contribution in [1.29, 1.82) is 0 Å². The van der Waals surface area contributed by atoms with Crippen LogP contribution in [0.25, 0.3) is 0 Å². The Kier molecular flexibility index (Phi) is 2.35. The van der Waals surface area contributed by atoms with Gasteiger partial charge in [0.2, 0.25) is 0 Å². The van der Waals surface area contributed by atoms with E-state index >= 15 is 0 Å². The Morgan fingerprint density at radius 1 is 1.50 bits per heavy atom. The van der Waals surface area contributed by atoms with E-state index in [2.05, 4.69) is 15.9 Å². The third-order valence-electron chi connectivity index (χ3n) is 2.78. The van der Waals surface area contributed by atoms with E-state index in [4.69, 9.17) is 5.11 Å². The number of hydrogen-bond acceptors (Lipinski definition) is 1. The van der Waals surface area contributed by atoms with Gasteiger partial charge in [0.25, 0.3) is 0 Å². The molecule has 0 saturated heterocycles. The number of carboxylic acids is 1. The van der Waals surface area contributed by atoms with Crippen LogP contribution in [0, 0.1) is 0 Å². The molecule has 1 N–H and O–H groups in total. The van der Waals surface area contributed by atoms with E-state index in [0.717, 1.165) is 22.9 Å². The Labute approximate surface area is 91.1 Å². The molecule has 74 valence electrons. The highest BCUT2D eigenvalue weighted by atomic mass is 79.9. The van der Waals surface area contributed by atoms with Crippen molar-refractivity contribution in [1.82, 2.24) is 0 Å². The Morgan fingerprint density at radius 2 is 2.21 bits per heavy atom. The van der Waals surface area contributed by atoms with Gasteiger partial charge >= 0.3 is 5.97 Å². The van der Waals surface area contributed by atoms with Crippen LogP contribution in [0.15, 0.2) is 28.7 Å². The van der Waals surface area contributed by atoms with Crippen molar-refractivity contribution >= 4 is 21.9 Å². The second-order valence-corrected chi connectivity index (χ2v) is 4.78. The molecule has 0 bridgehead atoms. The molecule has 0 unspecified atom stereocenters. The second-order valence-electron chi connectivity index (χ2n) is 3.86. The summed E-state index contributed by atoms with van der Waals surface area (Å²) in [5, 5.41) is 8.81. The fourth-order valence-electron chi connectivity index (χ4n) is 1.83. The smallest absolute Gasteiger partial charge is 0.304 e. The largest absolute Gasteiger partial charge is 0.481 e. The van der Waals surface area contributed by atoms with E-state index in [9.17, 15) is 4.79 Å². The fourth-order valence-corrected chi connectivity index (χ4v) is 2.23. The van der Waals surface area contributed by atoms with E-state index < -0.39 is 5.97 Å². The number of benzene rings is 1. The summed E-state index contributed by atoms with van der Waals surface area (Å²) in [6.45, 7) is 0. The molecule has 0 amide bonds. The minimum atomic E-state index is -0.706. The molecule has 0 heterocycles. The lowest BCUT2D eigenvalue weighted by Crippen LogP contribution is -2.12. The summed E-state index contributed by atoms with van der Waals surface area (Å²) in [4.78, 5) is 10.7. The topological polar surface area (TPSA) is 37.3 Å². The average Bonchev–Trinajstić information content (AvgIpc) is 2.84. The summed E-state index contributed by atoms with van der Waals surface area (Å²) < 4.78 is 1.02. The molecule has 0 radical (unpaired) electrons. The van der Waals surface area contributed by atoms with Gasteiger partial charge in [0.15, 0.2) is 0 Å². The normalized spacial score (nSPS) is 17.8. The van der Waals surface area contributed by atoms with Crippen LogP contribution < -0.4 is 0 Å². The van der Waals surface area contributed by atoms with Gasteiger partial charge in [-0.05, 0) is 30.5 Å². The maximum atomic E-state index is 10.7. The van der Waals surface area contributed by atoms with Crippen LogP contribution in [0.2, 0.25) is 0 Å². The van der Waals surface area contributed by atoms with Gasteiger partial charge in [0.05, 0.1) is 6.42 Å². The van der Waals surface area contributed by atoms with Crippen molar-refractivity contribution in [2.75, 3.05) is 0 Å². The van der Waals surface area contributed by atoms with Crippen LogP contribution in [-0.2, 0) is 10.2 Å². The van der Waals surface area contributed by atoms with Crippen molar-refractivity contribution in [3.63, 3.8) is 0 Å². The van der Waals surface area contributed by atoms with Crippen molar-refractivity contribution in [2.24, 2.45) is 0 Å². The number of rotatable bonds is 3. The Balaban J connectivity index is 2.26. The highest BCUT2D eigenvalue weighted by molar-refractivity contribution is 9.10. The van der Waals surface area contributed by atoms with Crippen molar-refractivity contribution in [3.05, 3.63) is 34.3 Å². The second kappa shape index (κ2) is 3.39. The van der Waals surface area contributed by atoms with Crippen molar-refractivity contribution in [2.45, 2.75) is 24.7 Å². The van der Waals surface area contributed by atoms with Crippen LogP contribution >= 0.6 is 15.9 Å². The zero-order valence-corrected chi connectivity index (χ0v) is 9.25. The lowest BCUT2D eigenvalue weighted by atomic mass is 9.93. The maximum absolute atomic E-state index is 10.7. The van der Waals surface area contributed by atoms with E-state index in [1.54, 1.807) is 0 Å². The van der Waals surface area contributed by atoms with Gasteiger partial charge in [-0.1, -0.05) is 28.1 Å². The van der Waals surface area contributed by atoms with E-state index in [1.165, 1.54) is 0 Å². The van der Waals surface area contributed by atoms with Crippen LogP contribution in [0.3, 0.4) is 0 Å². The van der Waals surface area contributed by atoms with Gasteiger partial charge in [-0.15, -0.1) is 0 Å². The molecule has 1 fully saturated rings. The predicted molar refractivity (Wildman–Crippen MR) is 57.3 cm³/mol. The zero-order chi connectivity index (χ0) is 10.2. The molecule has 0 aromatic heterocycles. The quantitative estimate of drug-likeness (QED) is 0.901. The molecule has 2 nitrogen and oxygen atoms in total. The first kappa shape index (κ1) is 9.71. The molecule has 1 aromatic carbocycles. The minimum absolute atomic E-state index is 0.0738. The third-order valence-corrected chi connectivity index (χ3v) is 3.27. The van der Waals surface area contributed by atoms with Gasteiger partial charge in [0, 0.05) is 9.89 Å². The molecule has 0 spiro atoms. The molecular weight excluding hydrogens is 244 g/mol. The summed E-state index contributed by atoms with van der Waals surface area (Å²) in [5.74, 6) is -0.706. The summed E-state index contributed by atoms with van der Waals surface area (Å²) in [6.07, 6.45) is 2.24. The molecule has 3 heteroatoms. The zero-order valence-electron chi connectivity index (χ0n) is 7.66. The molecule has 14 heavy (non-hydrogen) atoms. The monoisotopic (exact) mass is 254 g/mol. The first-order valence-corrected chi connectivity index (χ1v) is 5.40. The number of hydrogen-bond donors (Lipinski definition) is 1. The molecular formula is C11H11BrO2. The number of aliphatic carboxylic acids is 1. The highest BCUT2D eigenvalue weighted by Crippen LogP contribution is 2.51. The Morgan fingerprint density at radius 3 is 2.71 bits per heavy atom. The average molecular weight is 255 g/mol. The van der Waals surface area contributed by atoms with Gasteiger partial charge in [-0.2, -0.15) is 0 Å². The fraction of sp³-hybridized carbons (Fsp3) is 0.364. The molecule has 1 saturated carbocycles. The first-order valence-electron chi connectivity index (χ1n) is 4.60. The SMILES string of the molecule is O=C(O)CC1(c2cccc(Br)c2)CC1. The number of carbonyl (C=O) groups is 1. The maximum Gasteiger partial charge on any atom is 0.304 e. The molecule has 0 atom stereocenters. The molecule has 0 aliphatic heterocycles. The summed E-state index contributed by atoms with van der Waals surface area (Å²) >= 11 is 3.40. The number of halogens is 1. The summed E-state index contributed by atoms with van der Waals surface area (Å²) in [7, 11) is 0. The first-order chi connectivity index (χ1) is 6.62. The minimum Gasteiger partial charge on any atom is -0.481 e. The molecule has 1 aliphatic rings. The summed E-state index contributed by atoms with van der Waals surface area (Å²) in [5.41, 5.74) is 1.07. The lowest BCUT2D eigenvalue weighted by molar-refractivity contribution is -0.137. The number of carboxylic acid groups (broad SMARTS) is 1. The van der Waals surface area contributed by atoms with E-state index in [0.29, 0.717) is 0 Å². The van der Waals surface area contributed by atoms with Crippen LogP contribution in [0.1, 0.15) is 24.8 Å². The van der Waals surface area contributed by atoms with E-state index in [-0.39, 0.29) is 11.8 Å². The highest BCUT2D eigenvalue weighted by Gasteiger charge is 2.45. The Hall–Kier alpha value is -0.830. The van der Waals surface area contributed by atoms with Crippen molar-refractivity contribution < 1.29 is 9.90 Å². The Bertz CT molecular complexity index is 369. The van der Waals surface area contributed by atoms with Gasteiger partial charge < -0.3 is 5.11 Å². The molecule has 1 aliphatic carbocycles. The van der Waals surface area contributed by atoms with Gasteiger partial charge in [0.1, 0.15) is 0 Å². The van der Waals surface area contributed by atoms with Crippen molar-refractivity contribution in [3.8, 4) is 0 Å². The third kappa shape index (κ3) is 1.82. The van der Waals surface area contributed by atoms with Crippen LogP contribution in [0.4, 0.5) is 0 Å². The van der Waals surface area contributed by atoms with Gasteiger partial charge in [-0.3, -0.25) is 4.79 Å². The van der Waals surface area contributed by atoms with Gasteiger partial charge in [-0.25, -0.2) is 0 Å². The lowest BCUT2D eigenvalue weighted by Gasteiger charge is -2.12. The molecule has 2 rings (SSSR count).